The van der Waals surface area contributed by atoms with Gasteiger partial charge >= 0.3 is 0 Å². The Hall–Kier alpha value is -0.260. The zero-order valence-electron chi connectivity index (χ0n) is 11.5. The van der Waals surface area contributed by atoms with Crippen LogP contribution in [0.2, 0.25) is 0 Å². The number of hydrogen-bond donors (Lipinski definition) is 0. The van der Waals surface area contributed by atoms with Crippen molar-refractivity contribution in [1.82, 2.24) is 0 Å². The monoisotopic (exact) mass is 212 g/mol. The number of rotatable bonds is 9. The van der Waals surface area contributed by atoms with Crippen LogP contribution in [-0.4, -0.2) is 0 Å². The van der Waals surface area contributed by atoms with E-state index >= 15 is 0 Å². The molecule has 0 spiro atoms. The van der Waals surface area contributed by atoms with E-state index in [0.29, 0.717) is 0 Å². The molecule has 0 saturated heterocycles. The highest BCUT2D eigenvalue weighted by Crippen LogP contribution is 2.09. The van der Waals surface area contributed by atoms with Crippen LogP contribution in [0.25, 0.3) is 0 Å². The summed E-state index contributed by atoms with van der Waals surface area (Å²) in [5, 5.41) is 0. The lowest BCUT2D eigenvalue weighted by atomic mass is 10.1. The molecule has 0 aromatic heterocycles. The molecule has 0 aromatic rings. The molecule has 0 radical (unpaired) electrons. The highest BCUT2D eigenvalue weighted by molar-refractivity contribution is 4.76. The van der Waals surface area contributed by atoms with Crippen molar-refractivity contribution < 1.29 is 0 Å². The fourth-order valence-electron chi connectivity index (χ4n) is 1.56. The van der Waals surface area contributed by atoms with E-state index in [0.717, 1.165) is 0 Å². The summed E-state index contributed by atoms with van der Waals surface area (Å²) in [4.78, 5) is 0. The summed E-state index contributed by atoms with van der Waals surface area (Å²) in [6, 6.07) is 0. The predicted octanol–water partition coefficient (Wildman–Crippen LogP) is 6.12. The van der Waals surface area contributed by atoms with Gasteiger partial charge in [-0.3, -0.25) is 0 Å². The van der Waals surface area contributed by atoms with Crippen molar-refractivity contribution in [2.45, 2.75) is 85.5 Å². The quantitative estimate of drug-likeness (QED) is 0.319. The van der Waals surface area contributed by atoms with Gasteiger partial charge in [-0.2, -0.15) is 0 Å². The molecule has 0 saturated carbocycles. The topological polar surface area (TPSA) is 0 Å². The number of hydrogen-bond acceptors (Lipinski definition) is 0. The molecule has 92 valence electrons. The first-order valence-electron chi connectivity index (χ1n) is 7.03. The first kappa shape index (κ1) is 17.1. The van der Waals surface area contributed by atoms with Crippen LogP contribution in [-0.2, 0) is 0 Å². The molecule has 0 heteroatoms. The molecule has 0 amide bonds. The lowest BCUT2D eigenvalue weighted by Crippen LogP contribution is -1.79. The third kappa shape index (κ3) is 20.0. The van der Waals surface area contributed by atoms with Gasteiger partial charge < -0.3 is 0 Å². The second-order valence-electron chi connectivity index (χ2n) is 3.83. The third-order valence-electron chi connectivity index (χ3n) is 2.46. The second kappa shape index (κ2) is 19.3. The molecule has 0 atom stereocenters. The molecule has 0 N–H and O–H groups in total. The maximum atomic E-state index is 2.27. The summed E-state index contributed by atoms with van der Waals surface area (Å²) in [6.07, 6.45) is 17.1. The molecule has 0 bridgehead atoms. The maximum absolute atomic E-state index is 2.27. The van der Waals surface area contributed by atoms with E-state index < -0.39 is 0 Å². The van der Waals surface area contributed by atoms with Crippen molar-refractivity contribution in [1.29, 1.82) is 0 Å². The molecule has 15 heavy (non-hydrogen) atoms. The van der Waals surface area contributed by atoms with E-state index in [9.17, 15) is 0 Å². The molecule has 0 heterocycles. The Kier molecular flexibility index (Phi) is 22.1. The Labute approximate surface area is 98.2 Å². The Bertz CT molecular complexity index is 103. The van der Waals surface area contributed by atoms with Crippen LogP contribution in [0.5, 0.6) is 0 Å². The summed E-state index contributed by atoms with van der Waals surface area (Å²) in [7, 11) is 0. The van der Waals surface area contributed by atoms with Gasteiger partial charge in [-0.15, -0.1) is 0 Å². The maximum Gasteiger partial charge on any atom is -0.0351 e. The van der Waals surface area contributed by atoms with Crippen LogP contribution in [0.4, 0.5) is 0 Å². The summed E-state index contributed by atoms with van der Waals surface area (Å²) >= 11 is 0. The molecule has 0 fully saturated rings. The second-order valence-corrected chi connectivity index (χ2v) is 3.83. The van der Waals surface area contributed by atoms with Crippen LogP contribution < -0.4 is 0 Å². The van der Waals surface area contributed by atoms with Crippen molar-refractivity contribution in [3.63, 3.8) is 0 Å². The molecule has 0 nitrogen and oxygen atoms in total. The Morgan fingerprint density at radius 3 is 1.67 bits per heavy atom. The fourth-order valence-corrected chi connectivity index (χ4v) is 1.56. The van der Waals surface area contributed by atoms with Crippen molar-refractivity contribution in [2.24, 2.45) is 0 Å². The number of unbranched alkanes of at least 4 members (excludes halogenated alkanes) is 8. The van der Waals surface area contributed by atoms with Gasteiger partial charge in [-0.1, -0.05) is 77.9 Å². The van der Waals surface area contributed by atoms with Crippen LogP contribution in [0, 0.1) is 0 Å². The van der Waals surface area contributed by atoms with Crippen molar-refractivity contribution in [3.05, 3.63) is 12.2 Å². The smallest absolute Gasteiger partial charge is 0.0351 e. The van der Waals surface area contributed by atoms with E-state index in [2.05, 4.69) is 26.0 Å². The average Bonchev–Trinajstić information content (AvgIpc) is 2.30. The SMILES string of the molecule is C/C=C\CCCCCCCCCC.CC. The fraction of sp³-hybridized carbons (Fsp3) is 0.867. The van der Waals surface area contributed by atoms with Gasteiger partial charge in [0.2, 0.25) is 0 Å². The molecule has 0 rings (SSSR count). The minimum absolute atomic E-state index is 1.28. The first-order chi connectivity index (χ1) is 7.41. The molecular weight excluding hydrogens is 180 g/mol. The number of allylic oxidation sites excluding steroid dienone is 2. The lowest BCUT2D eigenvalue weighted by Gasteiger charge is -1.99. The van der Waals surface area contributed by atoms with Gasteiger partial charge in [0.15, 0.2) is 0 Å². The van der Waals surface area contributed by atoms with Gasteiger partial charge in [0.05, 0.1) is 0 Å². The Balaban J connectivity index is 0. The average molecular weight is 212 g/mol. The lowest BCUT2D eigenvalue weighted by molar-refractivity contribution is 0.577. The van der Waals surface area contributed by atoms with Crippen LogP contribution in [0.1, 0.15) is 85.5 Å². The highest BCUT2D eigenvalue weighted by atomic mass is 14.0. The summed E-state index contributed by atoms with van der Waals surface area (Å²) < 4.78 is 0. The molecule has 0 aliphatic rings. The zero-order valence-corrected chi connectivity index (χ0v) is 11.5. The molecular formula is C15H32. The predicted molar refractivity (Wildman–Crippen MR) is 73.4 cm³/mol. The highest BCUT2D eigenvalue weighted by Gasteiger charge is 1.89. The van der Waals surface area contributed by atoms with E-state index in [1.54, 1.807) is 0 Å². The Morgan fingerprint density at radius 2 is 1.20 bits per heavy atom. The van der Waals surface area contributed by atoms with Gasteiger partial charge in [0.25, 0.3) is 0 Å². The van der Waals surface area contributed by atoms with Crippen molar-refractivity contribution in [3.8, 4) is 0 Å². The summed E-state index contributed by atoms with van der Waals surface area (Å²) in [6.45, 7) is 8.38. The van der Waals surface area contributed by atoms with Crippen LogP contribution >= 0.6 is 0 Å². The minimum atomic E-state index is 1.28. The first-order valence-corrected chi connectivity index (χ1v) is 7.03. The largest absolute Gasteiger partial charge is 0.0917 e. The van der Waals surface area contributed by atoms with Crippen LogP contribution in [0.3, 0.4) is 0 Å². The Morgan fingerprint density at radius 1 is 0.733 bits per heavy atom. The van der Waals surface area contributed by atoms with Gasteiger partial charge in [-0.05, 0) is 19.8 Å². The van der Waals surface area contributed by atoms with Gasteiger partial charge in [0, 0.05) is 0 Å². The van der Waals surface area contributed by atoms with E-state index in [1.807, 2.05) is 13.8 Å². The van der Waals surface area contributed by atoms with E-state index in [-0.39, 0.29) is 0 Å². The summed E-state index contributed by atoms with van der Waals surface area (Å²) in [5.41, 5.74) is 0. The van der Waals surface area contributed by atoms with E-state index in [4.69, 9.17) is 0 Å². The van der Waals surface area contributed by atoms with Crippen molar-refractivity contribution >= 4 is 0 Å². The molecule has 0 aliphatic heterocycles. The third-order valence-corrected chi connectivity index (χ3v) is 2.46. The standard InChI is InChI=1S/C13H26.C2H6/c1-3-5-7-9-11-13-12-10-8-6-4-2;1-2/h3,5H,4,6-13H2,1-2H3;1-2H3/b5-3-;. The van der Waals surface area contributed by atoms with Crippen molar-refractivity contribution in [2.75, 3.05) is 0 Å². The van der Waals surface area contributed by atoms with E-state index in [1.165, 1.54) is 57.8 Å². The minimum Gasteiger partial charge on any atom is -0.0917 e. The normalized spacial score (nSPS) is 10.1. The van der Waals surface area contributed by atoms with Crippen LogP contribution in [0.15, 0.2) is 12.2 Å². The molecule has 0 aliphatic carbocycles. The summed E-state index contributed by atoms with van der Waals surface area (Å²) in [5.74, 6) is 0. The zero-order chi connectivity index (χ0) is 11.8. The molecule has 0 unspecified atom stereocenters. The van der Waals surface area contributed by atoms with Gasteiger partial charge in [0.1, 0.15) is 0 Å². The van der Waals surface area contributed by atoms with Gasteiger partial charge in [-0.25, -0.2) is 0 Å². The molecule has 0 aromatic carbocycles.